The molecule has 2 amide bonds. The van der Waals surface area contributed by atoms with Crippen molar-refractivity contribution in [2.45, 2.75) is 83.4 Å². The van der Waals surface area contributed by atoms with Gasteiger partial charge in [-0.1, -0.05) is 45.0 Å². The number of pyridine rings is 2. The predicted octanol–water partition coefficient (Wildman–Crippen LogP) is 6.19. The quantitative estimate of drug-likeness (QED) is 0.115. The maximum Gasteiger partial charge on any atom is 0.357 e. The van der Waals surface area contributed by atoms with Gasteiger partial charge < -0.3 is 29.4 Å². The zero-order valence-electron chi connectivity index (χ0n) is 32.4. The number of anilines is 2. The third kappa shape index (κ3) is 8.21. The van der Waals surface area contributed by atoms with Gasteiger partial charge in [0, 0.05) is 36.7 Å². The Bertz CT molecular complexity index is 2120. The lowest BCUT2D eigenvalue weighted by atomic mass is 9.85. The Morgan fingerprint density at radius 1 is 1.00 bits per heavy atom. The molecule has 5 heterocycles. The lowest BCUT2D eigenvalue weighted by Gasteiger charge is -2.34. The molecule has 15 heteroatoms. The molecular weight excluding hydrogens is 701 g/mol. The summed E-state index contributed by atoms with van der Waals surface area (Å²) in [5.41, 5.74) is 3.47. The molecule has 3 unspecified atom stereocenters. The van der Waals surface area contributed by atoms with Gasteiger partial charge in [0.15, 0.2) is 11.5 Å². The molecule has 5 aromatic rings. The number of piperidine rings is 1. The number of hydrogen-bond donors (Lipinski definition) is 1. The highest BCUT2D eigenvalue weighted by atomic mass is 16.7. The van der Waals surface area contributed by atoms with Crippen LogP contribution in [0, 0.1) is 0 Å². The van der Waals surface area contributed by atoms with Crippen LogP contribution in [0.2, 0.25) is 0 Å². The zero-order chi connectivity index (χ0) is 38.7. The highest BCUT2D eigenvalue weighted by molar-refractivity contribution is 5.90. The van der Waals surface area contributed by atoms with Crippen molar-refractivity contribution in [2.24, 2.45) is 0 Å². The second-order valence-electron chi connectivity index (χ2n) is 15.5. The first-order valence-electron chi connectivity index (χ1n) is 18.9. The van der Waals surface area contributed by atoms with E-state index in [0.717, 1.165) is 53.7 Å². The van der Waals surface area contributed by atoms with Crippen molar-refractivity contribution in [1.29, 1.82) is 0 Å². The van der Waals surface area contributed by atoms with Crippen molar-refractivity contribution < 1.29 is 23.9 Å². The molecule has 1 aromatic carbocycles. The maximum atomic E-state index is 14.2. The Balaban J connectivity index is 1.13. The van der Waals surface area contributed by atoms with Crippen LogP contribution in [0.4, 0.5) is 16.6 Å². The number of urea groups is 1. The summed E-state index contributed by atoms with van der Waals surface area (Å²) in [6.45, 7) is 10.7. The number of carbonyl (C=O) groups is 2. The van der Waals surface area contributed by atoms with Crippen molar-refractivity contribution in [3.05, 3.63) is 83.9 Å². The van der Waals surface area contributed by atoms with Gasteiger partial charge in [-0.15, -0.1) is 15.3 Å². The van der Waals surface area contributed by atoms with Crippen LogP contribution in [0.25, 0.3) is 11.3 Å². The molecule has 1 saturated heterocycles. The Morgan fingerprint density at radius 2 is 1.82 bits per heavy atom. The minimum absolute atomic E-state index is 0.231. The number of ether oxygens (including phenoxy) is 2. The van der Waals surface area contributed by atoms with E-state index in [0.29, 0.717) is 48.4 Å². The highest BCUT2D eigenvalue weighted by Gasteiger charge is 2.34. The Morgan fingerprint density at radius 3 is 2.58 bits per heavy atom. The molecule has 0 saturated carbocycles. The number of fused-ring (bicyclic) bond motifs is 2. The Hall–Kier alpha value is -5.70. The number of benzene rings is 1. The fourth-order valence-electron chi connectivity index (χ4n) is 7.18. The summed E-state index contributed by atoms with van der Waals surface area (Å²) in [6, 6.07) is 14.7. The van der Waals surface area contributed by atoms with E-state index in [-0.39, 0.29) is 29.9 Å². The number of nitrogens with one attached hydrogen (secondary N) is 1. The first-order chi connectivity index (χ1) is 26.5. The van der Waals surface area contributed by atoms with Crippen LogP contribution in [-0.2, 0) is 15.0 Å². The molecule has 290 valence electrons. The van der Waals surface area contributed by atoms with Gasteiger partial charge in [-0.25, -0.2) is 9.48 Å². The van der Waals surface area contributed by atoms with Crippen LogP contribution in [0.5, 0.6) is 11.5 Å². The normalized spacial score (nSPS) is 18.5. The van der Waals surface area contributed by atoms with Crippen molar-refractivity contribution in [2.75, 3.05) is 43.8 Å². The molecule has 0 radical (unpaired) electrons. The summed E-state index contributed by atoms with van der Waals surface area (Å²) < 4.78 is 16.1. The van der Waals surface area contributed by atoms with Crippen molar-refractivity contribution in [1.82, 2.24) is 39.6 Å². The van der Waals surface area contributed by atoms with Crippen LogP contribution in [0.3, 0.4) is 0 Å². The predicted molar refractivity (Wildman–Crippen MR) is 208 cm³/mol. The molecule has 3 atom stereocenters. The molecular formula is C40H50N10O5. The average molecular weight is 751 g/mol. The topological polar surface area (TPSA) is 144 Å². The maximum absolute atomic E-state index is 14.2. The molecule has 7 rings (SSSR count). The second-order valence-corrected chi connectivity index (χ2v) is 15.5. The molecule has 15 nitrogen and oxygen atoms in total. The van der Waals surface area contributed by atoms with Gasteiger partial charge in [0.2, 0.25) is 5.95 Å². The fraction of sp³-hybridized carbons (Fsp3) is 0.450. The average Bonchev–Trinajstić information content (AvgIpc) is 3.80. The molecule has 1 aliphatic heterocycles. The van der Waals surface area contributed by atoms with Crippen LogP contribution < -0.4 is 24.8 Å². The Kier molecular flexibility index (Phi) is 10.9. The van der Waals surface area contributed by atoms with Gasteiger partial charge in [0.05, 0.1) is 36.0 Å². The summed E-state index contributed by atoms with van der Waals surface area (Å²) in [5, 5.41) is 17.8. The minimum atomic E-state index is -0.628. The van der Waals surface area contributed by atoms with E-state index in [4.69, 9.17) is 19.4 Å². The smallest absolute Gasteiger partial charge is 0.357 e. The van der Waals surface area contributed by atoms with Gasteiger partial charge in [0.25, 0.3) is 0 Å². The molecule has 0 bridgehead atoms. The summed E-state index contributed by atoms with van der Waals surface area (Å²) in [4.78, 5) is 40.2. The van der Waals surface area contributed by atoms with Crippen molar-refractivity contribution in [3.8, 4) is 17.2 Å². The molecule has 4 aromatic heterocycles. The van der Waals surface area contributed by atoms with Crippen LogP contribution >= 0.6 is 0 Å². The van der Waals surface area contributed by atoms with E-state index in [1.54, 1.807) is 24.5 Å². The van der Waals surface area contributed by atoms with E-state index < -0.39 is 6.03 Å². The van der Waals surface area contributed by atoms with Crippen LogP contribution in [0.15, 0.2) is 67.1 Å². The van der Waals surface area contributed by atoms with Gasteiger partial charge in [-0.3, -0.25) is 14.2 Å². The second kappa shape index (κ2) is 16.0. The summed E-state index contributed by atoms with van der Waals surface area (Å²) in [7, 11) is 3.94. The first-order valence-corrected chi connectivity index (χ1v) is 18.9. The van der Waals surface area contributed by atoms with Crippen molar-refractivity contribution >= 4 is 29.9 Å². The third-order valence-corrected chi connectivity index (χ3v) is 10.2. The van der Waals surface area contributed by atoms with E-state index >= 15 is 0 Å². The van der Waals surface area contributed by atoms with Crippen LogP contribution in [0.1, 0.15) is 88.8 Å². The summed E-state index contributed by atoms with van der Waals surface area (Å²) in [5.74, 6) is 2.31. The number of likely N-dealkylation sites (N-methyl/N-ethyl adjacent to an activating group) is 1. The van der Waals surface area contributed by atoms with Gasteiger partial charge in [0.1, 0.15) is 24.2 Å². The number of rotatable bonds is 12. The third-order valence-electron chi connectivity index (χ3n) is 10.2. The Labute approximate surface area is 321 Å². The lowest BCUT2D eigenvalue weighted by molar-refractivity contribution is -0.129. The number of amides is 2. The summed E-state index contributed by atoms with van der Waals surface area (Å²) >= 11 is 0. The highest BCUT2D eigenvalue weighted by Crippen LogP contribution is 2.39. The van der Waals surface area contributed by atoms with Crippen molar-refractivity contribution in [3.63, 3.8) is 0 Å². The monoisotopic (exact) mass is 750 g/mol. The number of hydroxylamine groups is 1. The number of hydrogen-bond acceptors (Lipinski definition) is 11. The SMILES string of the molecule is CC1CCCCN1c1nnc2ccc(OC3CCC(NC(=O)N(OC=O)c4cc(C(C)(C)C)nn4-c4cncc(OCCN(C)C)c4)c4ccccc43)cn12. The summed E-state index contributed by atoms with van der Waals surface area (Å²) in [6.07, 6.45) is 9.63. The zero-order valence-corrected chi connectivity index (χ0v) is 32.4. The molecule has 1 fully saturated rings. The number of carbonyl (C=O) groups excluding carboxylic acids is 2. The fourth-order valence-corrected chi connectivity index (χ4v) is 7.18. The number of aromatic nitrogens is 6. The lowest BCUT2D eigenvalue weighted by Crippen LogP contribution is -2.43. The standard InChI is InChI=1S/C40H50N10O5/c1-27-11-9-10-18-47(27)38-44-43-36-17-14-29(25-48(36)38)55-34-16-15-33(31-12-7-8-13-32(31)34)42-39(52)50(54-26-51)37-22-35(40(2,3)4)45-49(37)28-21-30(24-41-23-28)53-20-19-46(5)6/h7-8,12-14,17,21-27,33-34H,9-11,15-16,18-20H2,1-6H3,(H,42,52). The first kappa shape index (κ1) is 37.6. The van der Waals surface area contributed by atoms with E-state index in [2.05, 4.69) is 32.3 Å². The molecule has 2 aliphatic rings. The van der Waals surface area contributed by atoms with Gasteiger partial charge in [-0.05, 0) is 76.4 Å². The van der Waals surface area contributed by atoms with Gasteiger partial charge >= 0.3 is 12.5 Å². The molecule has 0 spiro atoms. The molecule has 1 aliphatic carbocycles. The largest absolute Gasteiger partial charge is 0.491 e. The minimum Gasteiger partial charge on any atom is -0.491 e. The van der Waals surface area contributed by atoms with E-state index in [1.165, 1.54) is 11.1 Å². The van der Waals surface area contributed by atoms with Crippen LogP contribution in [-0.4, -0.2) is 86.6 Å². The molecule has 55 heavy (non-hydrogen) atoms. The van der Waals surface area contributed by atoms with E-state index in [1.807, 2.05) is 86.8 Å². The van der Waals surface area contributed by atoms with E-state index in [9.17, 15) is 9.59 Å². The van der Waals surface area contributed by atoms with Gasteiger partial charge in [-0.2, -0.15) is 5.10 Å². The molecule has 1 N–H and O–H groups in total. The number of nitrogens with zero attached hydrogens (tertiary/aromatic N) is 9.